The van der Waals surface area contributed by atoms with Gasteiger partial charge < -0.3 is 4.74 Å². The van der Waals surface area contributed by atoms with Crippen LogP contribution in [0.4, 0.5) is 0 Å². The monoisotopic (exact) mass is 274 g/mol. The number of unbranched alkanes of at least 4 members (excludes halogenated alkanes) is 4. The van der Waals surface area contributed by atoms with Gasteiger partial charge in [0.1, 0.15) is 5.75 Å². The van der Waals surface area contributed by atoms with Crippen LogP contribution in [0.2, 0.25) is 0 Å². The normalized spacial score (nSPS) is 14.6. The molecule has 1 fully saturated rings. The smallest absolute Gasteiger partial charge is 0.125 e. The van der Waals surface area contributed by atoms with E-state index in [4.69, 9.17) is 4.74 Å². The highest BCUT2D eigenvalue weighted by molar-refractivity contribution is 5.45. The van der Waals surface area contributed by atoms with Crippen LogP contribution in [0.1, 0.15) is 68.6 Å². The minimum Gasteiger partial charge on any atom is -0.493 e. The Hall–Kier alpha value is -0.980. The highest BCUT2D eigenvalue weighted by atomic mass is 16.5. The van der Waals surface area contributed by atoms with Gasteiger partial charge in [-0.2, -0.15) is 0 Å². The predicted octanol–water partition coefficient (Wildman–Crippen LogP) is 5.61. The summed E-state index contributed by atoms with van der Waals surface area (Å²) in [5, 5.41) is 0. The Morgan fingerprint density at radius 1 is 1.05 bits per heavy atom. The average molecular weight is 274 g/mol. The Kier molecular flexibility index (Phi) is 5.94. The number of rotatable bonds is 9. The molecule has 20 heavy (non-hydrogen) atoms. The summed E-state index contributed by atoms with van der Waals surface area (Å²) in [6, 6.07) is 4.53. The van der Waals surface area contributed by atoms with Gasteiger partial charge in [-0.05, 0) is 62.1 Å². The van der Waals surface area contributed by atoms with E-state index in [1.165, 1.54) is 68.1 Å². The van der Waals surface area contributed by atoms with E-state index in [1.54, 1.807) is 0 Å². The fourth-order valence-corrected chi connectivity index (χ4v) is 2.77. The zero-order valence-electron chi connectivity index (χ0n) is 13.5. The standard InChI is InChI=1S/C19H30O/c1-4-5-6-7-8-9-18-13-10-15(2)19(16(18)3)20-14-17-11-12-17/h10,13,17H,4-9,11-12,14H2,1-3H3. The quantitative estimate of drug-likeness (QED) is 0.532. The van der Waals surface area contributed by atoms with Crippen LogP contribution in [0, 0.1) is 19.8 Å². The molecule has 0 unspecified atom stereocenters. The van der Waals surface area contributed by atoms with Crippen molar-refractivity contribution in [2.75, 3.05) is 6.61 Å². The van der Waals surface area contributed by atoms with Crippen LogP contribution in [0.3, 0.4) is 0 Å². The molecule has 2 rings (SSSR count). The maximum atomic E-state index is 6.08. The summed E-state index contributed by atoms with van der Waals surface area (Å²) in [5.41, 5.74) is 4.15. The van der Waals surface area contributed by atoms with Crippen LogP contribution in [0.5, 0.6) is 5.75 Å². The van der Waals surface area contributed by atoms with Crippen LogP contribution in [-0.2, 0) is 6.42 Å². The number of hydrogen-bond donors (Lipinski definition) is 0. The lowest BCUT2D eigenvalue weighted by Crippen LogP contribution is -2.04. The molecule has 0 bridgehead atoms. The summed E-state index contributed by atoms with van der Waals surface area (Å²) in [5.74, 6) is 1.98. The first-order valence-corrected chi connectivity index (χ1v) is 8.44. The minimum absolute atomic E-state index is 0.825. The van der Waals surface area contributed by atoms with Crippen LogP contribution in [0.15, 0.2) is 12.1 Å². The zero-order valence-corrected chi connectivity index (χ0v) is 13.5. The molecule has 0 radical (unpaired) electrons. The van der Waals surface area contributed by atoms with Crippen molar-refractivity contribution in [2.45, 2.75) is 72.1 Å². The van der Waals surface area contributed by atoms with Gasteiger partial charge in [0.25, 0.3) is 0 Å². The third-order valence-corrected chi connectivity index (χ3v) is 4.42. The Morgan fingerprint density at radius 3 is 2.50 bits per heavy atom. The predicted molar refractivity (Wildman–Crippen MR) is 86.6 cm³/mol. The molecule has 0 amide bonds. The van der Waals surface area contributed by atoms with Crippen molar-refractivity contribution in [2.24, 2.45) is 5.92 Å². The summed E-state index contributed by atoms with van der Waals surface area (Å²) in [6.07, 6.45) is 10.7. The number of benzene rings is 1. The summed E-state index contributed by atoms with van der Waals surface area (Å²) < 4.78 is 6.08. The fraction of sp³-hybridized carbons (Fsp3) is 0.684. The topological polar surface area (TPSA) is 9.23 Å². The molecule has 0 N–H and O–H groups in total. The van der Waals surface area contributed by atoms with Crippen molar-refractivity contribution in [3.63, 3.8) is 0 Å². The SMILES string of the molecule is CCCCCCCc1ccc(C)c(OCC2CC2)c1C. The van der Waals surface area contributed by atoms with E-state index in [0.717, 1.165) is 18.3 Å². The van der Waals surface area contributed by atoms with Crippen LogP contribution in [0.25, 0.3) is 0 Å². The van der Waals surface area contributed by atoms with Crippen molar-refractivity contribution >= 4 is 0 Å². The van der Waals surface area contributed by atoms with Gasteiger partial charge >= 0.3 is 0 Å². The van der Waals surface area contributed by atoms with Gasteiger partial charge in [0.2, 0.25) is 0 Å². The van der Waals surface area contributed by atoms with Gasteiger partial charge in [-0.3, -0.25) is 0 Å². The van der Waals surface area contributed by atoms with Crippen LogP contribution >= 0.6 is 0 Å². The van der Waals surface area contributed by atoms with Gasteiger partial charge in [-0.25, -0.2) is 0 Å². The molecule has 0 aliphatic heterocycles. The Labute approximate surface area is 124 Å². The Morgan fingerprint density at radius 2 is 1.80 bits per heavy atom. The largest absolute Gasteiger partial charge is 0.493 e. The maximum absolute atomic E-state index is 6.08. The molecule has 0 atom stereocenters. The second-order valence-electron chi connectivity index (χ2n) is 6.41. The van der Waals surface area contributed by atoms with Crippen LogP contribution < -0.4 is 4.74 Å². The molecule has 1 nitrogen and oxygen atoms in total. The third kappa shape index (κ3) is 4.54. The first-order valence-electron chi connectivity index (χ1n) is 8.44. The van der Waals surface area contributed by atoms with E-state index in [1.807, 2.05) is 0 Å². The maximum Gasteiger partial charge on any atom is 0.125 e. The van der Waals surface area contributed by atoms with E-state index in [0.29, 0.717) is 0 Å². The summed E-state index contributed by atoms with van der Waals surface area (Å²) >= 11 is 0. The van der Waals surface area contributed by atoms with E-state index in [-0.39, 0.29) is 0 Å². The molecule has 0 aromatic heterocycles. The highest BCUT2D eigenvalue weighted by Crippen LogP contribution is 2.32. The van der Waals surface area contributed by atoms with Gasteiger partial charge in [-0.15, -0.1) is 0 Å². The fourth-order valence-electron chi connectivity index (χ4n) is 2.77. The van der Waals surface area contributed by atoms with Crippen molar-refractivity contribution in [1.29, 1.82) is 0 Å². The highest BCUT2D eigenvalue weighted by Gasteiger charge is 2.22. The van der Waals surface area contributed by atoms with Crippen molar-refractivity contribution in [1.82, 2.24) is 0 Å². The lowest BCUT2D eigenvalue weighted by molar-refractivity contribution is 0.295. The van der Waals surface area contributed by atoms with Gasteiger partial charge in [0, 0.05) is 0 Å². The number of hydrogen-bond acceptors (Lipinski definition) is 1. The lowest BCUT2D eigenvalue weighted by Gasteiger charge is -2.15. The third-order valence-electron chi connectivity index (χ3n) is 4.42. The first-order chi connectivity index (χ1) is 9.72. The lowest BCUT2D eigenvalue weighted by atomic mass is 9.98. The van der Waals surface area contributed by atoms with Crippen molar-refractivity contribution < 1.29 is 4.74 Å². The molecule has 0 spiro atoms. The van der Waals surface area contributed by atoms with Gasteiger partial charge in [0.15, 0.2) is 0 Å². The summed E-state index contributed by atoms with van der Waals surface area (Å²) in [4.78, 5) is 0. The minimum atomic E-state index is 0.825. The van der Waals surface area contributed by atoms with Gasteiger partial charge in [-0.1, -0.05) is 44.7 Å². The van der Waals surface area contributed by atoms with E-state index in [9.17, 15) is 0 Å². The molecule has 0 saturated heterocycles. The number of aryl methyl sites for hydroxylation is 2. The molecule has 0 heterocycles. The molecule has 1 aliphatic rings. The average Bonchev–Trinajstić information content (AvgIpc) is 3.25. The van der Waals surface area contributed by atoms with Gasteiger partial charge in [0.05, 0.1) is 6.61 Å². The Bertz CT molecular complexity index is 418. The molecule has 1 saturated carbocycles. The molecule has 112 valence electrons. The summed E-state index contributed by atoms with van der Waals surface area (Å²) in [7, 11) is 0. The molecular formula is C19H30O. The molecule has 1 aliphatic carbocycles. The van der Waals surface area contributed by atoms with Crippen molar-refractivity contribution in [3.8, 4) is 5.75 Å². The molecule has 1 heteroatoms. The second kappa shape index (κ2) is 7.71. The second-order valence-corrected chi connectivity index (χ2v) is 6.41. The van der Waals surface area contributed by atoms with E-state index < -0.39 is 0 Å². The molecular weight excluding hydrogens is 244 g/mol. The number of ether oxygens (including phenoxy) is 1. The first kappa shape index (κ1) is 15.4. The van der Waals surface area contributed by atoms with Crippen molar-refractivity contribution in [3.05, 3.63) is 28.8 Å². The zero-order chi connectivity index (χ0) is 14.4. The molecule has 1 aromatic carbocycles. The van der Waals surface area contributed by atoms with E-state index in [2.05, 4.69) is 32.9 Å². The summed E-state index contributed by atoms with van der Waals surface area (Å²) in [6.45, 7) is 7.59. The van der Waals surface area contributed by atoms with Crippen LogP contribution in [-0.4, -0.2) is 6.61 Å². The molecule has 1 aromatic rings. The van der Waals surface area contributed by atoms with E-state index >= 15 is 0 Å². The Balaban J connectivity index is 1.89.